The van der Waals surface area contributed by atoms with E-state index in [1.807, 2.05) is 24.7 Å². The van der Waals surface area contributed by atoms with Gasteiger partial charge in [-0.25, -0.2) is 9.67 Å². The van der Waals surface area contributed by atoms with E-state index < -0.39 is 0 Å². The molecule has 1 atom stereocenters. The molecule has 0 radical (unpaired) electrons. The van der Waals surface area contributed by atoms with E-state index in [-0.39, 0.29) is 11.5 Å². The van der Waals surface area contributed by atoms with Crippen LogP contribution in [0.15, 0.2) is 11.2 Å². The van der Waals surface area contributed by atoms with E-state index in [2.05, 4.69) is 15.0 Å². The van der Waals surface area contributed by atoms with E-state index >= 15 is 0 Å². The van der Waals surface area contributed by atoms with Crippen LogP contribution in [-0.4, -0.2) is 43.1 Å². The molecule has 2 aliphatic rings. The third-order valence-electron chi connectivity index (χ3n) is 6.11. The van der Waals surface area contributed by atoms with E-state index in [1.54, 1.807) is 18.9 Å². The molecule has 8 nitrogen and oxygen atoms in total. The predicted octanol–water partition coefficient (Wildman–Crippen LogP) is 2.62. The number of nitrogen functional groups attached to an aromatic ring is 1. The number of nitrogens with zero attached hydrogens (tertiary/aromatic N) is 5. The van der Waals surface area contributed by atoms with Crippen molar-refractivity contribution in [3.05, 3.63) is 28.7 Å². The molecule has 0 saturated heterocycles. The quantitative estimate of drug-likeness (QED) is 0.599. The fraction of sp³-hybridized carbons (Fsp3) is 0.524. The van der Waals surface area contributed by atoms with Crippen LogP contribution in [0.25, 0.3) is 11.0 Å². The van der Waals surface area contributed by atoms with E-state index in [0.717, 1.165) is 68.8 Å². The molecule has 5 rings (SSSR count). The van der Waals surface area contributed by atoms with Crippen LogP contribution in [0.3, 0.4) is 0 Å². The Balaban J connectivity index is 1.59. The number of thioether (sulfide) groups is 1. The van der Waals surface area contributed by atoms with E-state index in [4.69, 9.17) is 21.3 Å². The minimum atomic E-state index is -0.283. The Morgan fingerprint density at radius 1 is 1.30 bits per heavy atom. The number of methoxy groups -OCH3 is 1. The lowest BCUT2D eigenvalue weighted by molar-refractivity contribution is 0.405. The first-order chi connectivity index (χ1) is 14.4. The van der Waals surface area contributed by atoms with Gasteiger partial charge in [-0.2, -0.15) is 10.1 Å². The largest absolute Gasteiger partial charge is 0.496 e. The molecule has 1 aliphatic carbocycles. The van der Waals surface area contributed by atoms with Gasteiger partial charge in [-0.05, 0) is 26.2 Å². The van der Waals surface area contributed by atoms with Crippen LogP contribution in [-0.2, 0) is 13.0 Å². The molecule has 0 amide bonds. The maximum atomic E-state index is 6.85. The van der Waals surface area contributed by atoms with Crippen LogP contribution in [0.4, 0.5) is 5.95 Å². The standard InChI is InChI=1S/C21H27N7OS/c1-11-8-24-15(12(2)17(11)29-3)9-28-18-16-14(27-28)7-21(23,6-13-4-5-13)10-30-19(16)26-20(22)25-18/h8,13H,4-7,9-10,23H2,1-3H3,(H2,22,25,26). The lowest BCUT2D eigenvalue weighted by atomic mass is 9.90. The summed E-state index contributed by atoms with van der Waals surface area (Å²) in [6.45, 7) is 4.50. The minimum absolute atomic E-state index is 0.260. The van der Waals surface area contributed by atoms with Gasteiger partial charge < -0.3 is 16.2 Å². The van der Waals surface area contributed by atoms with Crippen molar-refractivity contribution < 1.29 is 4.74 Å². The third-order valence-corrected chi connectivity index (χ3v) is 7.39. The molecule has 0 bridgehead atoms. The minimum Gasteiger partial charge on any atom is -0.496 e. The van der Waals surface area contributed by atoms with Gasteiger partial charge in [0.05, 0.1) is 30.4 Å². The van der Waals surface area contributed by atoms with Crippen LogP contribution in [0.1, 0.15) is 41.8 Å². The highest BCUT2D eigenvalue weighted by Crippen LogP contribution is 2.42. The first-order valence-electron chi connectivity index (χ1n) is 10.3. The maximum Gasteiger partial charge on any atom is 0.223 e. The highest BCUT2D eigenvalue weighted by Gasteiger charge is 2.38. The molecule has 3 aromatic rings. The fourth-order valence-corrected chi connectivity index (χ4v) is 5.62. The van der Waals surface area contributed by atoms with Crippen molar-refractivity contribution in [2.45, 2.75) is 56.6 Å². The Bertz CT molecular complexity index is 1140. The average molecular weight is 426 g/mol. The Kier molecular flexibility index (Phi) is 4.62. The van der Waals surface area contributed by atoms with Gasteiger partial charge in [0, 0.05) is 35.0 Å². The number of hydrogen-bond acceptors (Lipinski definition) is 8. The fourth-order valence-electron chi connectivity index (χ4n) is 4.46. The molecule has 0 spiro atoms. The monoisotopic (exact) mass is 425 g/mol. The summed E-state index contributed by atoms with van der Waals surface area (Å²) < 4.78 is 7.46. The summed E-state index contributed by atoms with van der Waals surface area (Å²) in [6.07, 6.45) is 6.16. The highest BCUT2D eigenvalue weighted by atomic mass is 32.2. The van der Waals surface area contributed by atoms with Gasteiger partial charge in [-0.1, -0.05) is 12.8 Å². The molecule has 4 heterocycles. The Hall–Kier alpha value is -2.39. The molecular weight excluding hydrogens is 398 g/mol. The van der Waals surface area contributed by atoms with Crippen molar-refractivity contribution in [1.29, 1.82) is 0 Å². The number of pyridine rings is 1. The van der Waals surface area contributed by atoms with Crippen LogP contribution >= 0.6 is 11.8 Å². The summed E-state index contributed by atoms with van der Waals surface area (Å²) in [7, 11) is 1.69. The zero-order valence-electron chi connectivity index (χ0n) is 17.6. The predicted molar refractivity (Wildman–Crippen MR) is 118 cm³/mol. The van der Waals surface area contributed by atoms with Crippen LogP contribution in [0.5, 0.6) is 5.75 Å². The smallest absolute Gasteiger partial charge is 0.223 e. The molecular formula is C21H27N7OS. The average Bonchev–Trinajstić information content (AvgIpc) is 3.46. The van der Waals surface area contributed by atoms with Crippen molar-refractivity contribution in [2.24, 2.45) is 11.7 Å². The number of rotatable bonds is 5. The summed E-state index contributed by atoms with van der Waals surface area (Å²) in [5.41, 5.74) is 17.3. The highest BCUT2D eigenvalue weighted by molar-refractivity contribution is 7.99. The van der Waals surface area contributed by atoms with Gasteiger partial charge in [0.1, 0.15) is 10.8 Å². The third kappa shape index (κ3) is 3.39. The topological polar surface area (TPSA) is 118 Å². The molecule has 4 N–H and O–H groups in total. The van der Waals surface area contributed by atoms with E-state index in [0.29, 0.717) is 6.54 Å². The SMILES string of the molecule is COc1c(C)cnc(Cn2nc3c4c(nc(N)nc42)SCC(N)(CC2CC2)C3)c1C. The summed E-state index contributed by atoms with van der Waals surface area (Å²) >= 11 is 1.68. The van der Waals surface area contributed by atoms with Gasteiger partial charge in [0.2, 0.25) is 5.95 Å². The van der Waals surface area contributed by atoms with Crippen LogP contribution in [0, 0.1) is 19.8 Å². The van der Waals surface area contributed by atoms with Gasteiger partial charge in [0.15, 0.2) is 5.65 Å². The molecule has 1 unspecified atom stereocenters. The molecule has 3 aromatic heterocycles. The van der Waals surface area contributed by atoms with Crippen molar-refractivity contribution in [3.63, 3.8) is 0 Å². The lowest BCUT2D eigenvalue weighted by Crippen LogP contribution is -2.45. The summed E-state index contributed by atoms with van der Waals surface area (Å²) in [6, 6.07) is 0. The molecule has 1 saturated carbocycles. The van der Waals surface area contributed by atoms with Crippen molar-refractivity contribution in [1.82, 2.24) is 24.7 Å². The van der Waals surface area contributed by atoms with Crippen molar-refractivity contribution in [2.75, 3.05) is 18.6 Å². The normalized spacial score (nSPS) is 21.1. The van der Waals surface area contributed by atoms with Gasteiger partial charge in [-0.3, -0.25) is 4.98 Å². The number of nitrogens with two attached hydrogens (primary N) is 2. The summed E-state index contributed by atoms with van der Waals surface area (Å²) in [5, 5.41) is 6.81. The second-order valence-corrected chi connectivity index (χ2v) is 9.68. The number of aryl methyl sites for hydroxylation is 1. The Labute approximate surface area is 179 Å². The number of aromatic nitrogens is 5. The number of hydrogen-bond donors (Lipinski definition) is 2. The second kappa shape index (κ2) is 7.09. The van der Waals surface area contributed by atoms with Crippen LogP contribution in [0.2, 0.25) is 0 Å². The van der Waals surface area contributed by atoms with Crippen molar-refractivity contribution in [3.8, 4) is 5.75 Å². The van der Waals surface area contributed by atoms with Crippen LogP contribution < -0.4 is 16.2 Å². The summed E-state index contributed by atoms with van der Waals surface area (Å²) in [4.78, 5) is 13.7. The zero-order chi connectivity index (χ0) is 21.0. The van der Waals surface area contributed by atoms with E-state index in [9.17, 15) is 0 Å². The van der Waals surface area contributed by atoms with Gasteiger partial charge in [0.25, 0.3) is 0 Å². The number of anilines is 1. The molecule has 158 valence electrons. The Morgan fingerprint density at radius 2 is 2.10 bits per heavy atom. The van der Waals surface area contributed by atoms with Gasteiger partial charge >= 0.3 is 0 Å². The second-order valence-electron chi connectivity index (χ2n) is 8.71. The van der Waals surface area contributed by atoms with Gasteiger partial charge in [-0.15, -0.1) is 11.8 Å². The number of ether oxygens (including phenoxy) is 1. The zero-order valence-corrected chi connectivity index (χ0v) is 18.4. The lowest BCUT2D eigenvalue weighted by Gasteiger charge is -2.27. The molecule has 1 fully saturated rings. The first kappa shape index (κ1) is 19.6. The Morgan fingerprint density at radius 3 is 2.83 bits per heavy atom. The summed E-state index contributed by atoms with van der Waals surface area (Å²) in [5.74, 6) is 2.68. The maximum absolute atomic E-state index is 6.85. The van der Waals surface area contributed by atoms with Crippen molar-refractivity contribution >= 4 is 28.7 Å². The molecule has 9 heteroatoms. The first-order valence-corrected chi connectivity index (χ1v) is 11.3. The van der Waals surface area contributed by atoms with E-state index in [1.165, 1.54) is 12.8 Å². The molecule has 0 aromatic carbocycles. The molecule has 1 aliphatic heterocycles. The molecule has 30 heavy (non-hydrogen) atoms.